The molecule has 0 amide bonds. The molecule has 1 saturated carbocycles. The monoisotopic (exact) mass is 483 g/mol. The third-order valence-corrected chi connectivity index (χ3v) is 6.53. The minimum atomic E-state index is -1.58. The zero-order chi connectivity index (χ0) is 25.3. The number of imidazole rings is 1. The summed E-state index contributed by atoms with van der Waals surface area (Å²) in [4.78, 5) is 6.44. The molecule has 0 spiro atoms. The highest BCUT2D eigenvalue weighted by Crippen LogP contribution is 2.33. The Labute approximate surface area is 205 Å². The largest absolute Gasteiger partial charge is 0.482 e. The molecule has 8 heteroatoms. The molecule has 1 fully saturated rings. The lowest BCUT2D eigenvalue weighted by Crippen LogP contribution is -2.39. The normalized spacial score (nSPS) is 14.4. The molecule has 2 aromatic heterocycles. The Morgan fingerprint density at radius 1 is 1.11 bits per heavy atom. The first-order valence-corrected chi connectivity index (χ1v) is 12.0. The number of aliphatic hydroxyl groups is 3. The summed E-state index contributed by atoms with van der Waals surface area (Å²) in [6.45, 7) is 5.72. The van der Waals surface area contributed by atoms with Gasteiger partial charge in [-0.25, -0.2) is 9.37 Å². The smallest absolute Gasteiger partial charge is 0.188 e. The first-order valence-electron chi connectivity index (χ1n) is 12.0. The maximum absolute atomic E-state index is 15.2. The maximum Gasteiger partial charge on any atom is 0.188 e. The van der Waals surface area contributed by atoms with E-state index >= 15 is 4.39 Å². The van der Waals surface area contributed by atoms with E-state index in [1.807, 2.05) is 49.6 Å². The van der Waals surface area contributed by atoms with Gasteiger partial charge in [-0.2, -0.15) is 0 Å². The van der Waals surface area contributed by atoms with Crippen LogP contribution in [0.2, 0.25) is 0 Å². The first-order chi connectivity index (χ1) is 16.7. The van der Waals surface area contributed by atoms with Crippen LogP contribution in [0.3, 0.4) is 0 Å². The molecule has 1 unspecified atom stereocenters. The van der Waals surface area contributed by atoms with Crippen LogP contribution in [-0.2, 0) is 11.2 Å². The van der Waals surface area contributed by atoms with Gasteiger partial charge in [-0.3, -0.25) is 0 Å². The van der Waals surface area contributed by atoms with E-state index in [1.165, 1.54) is 6.07 Å². The van der Waals surface area contributed by atoms with E-state index in [2.05, 4.69) is 0 Å². The van der Waals surface area contributed by atoms with Crippen molar-refractivity contribution in [2.24, 2.45) is 0 Å². The molecule has 1 atom stereocenters. The molecule has 35 heavy (non-hydrogen) atoms. The summed E-state index contributed by atoms with van der Waals surface area (Å²) >= 11 is 0. The number of allylic oxidation sites excluding steroid dienone is 1. The van der Waals surface area contributed by atoms with Crippen LogP contribution in [0.4, 0.5) is 4.39 Å². The zero-order valence-corrected chi connectivity index (χ0v) is 20.8. The molecular formula is C27H34FN3O4. The van der Waals surface area contributed by atoms with Crippen molar-refractivity contribution in [3.8, 4) is 11.3 Å². The van der Waals surface area contributed by atoms with Crippen molar-refractivity contribution >= 4 is 5.65 Å². The standard InChI is InChI=1S/C27H34FN3O4/c1-16-8-9-31-22(26(29-23(31)12-16)25-18(3)10-17(2)11-21(25)28)13-20(32)14-30(15-24(33)34)27(35-4)19-6-5-7-19/h8-12,20,24,32-34H,5-7,13-15H2,1-4H3. The highest BCUT2D eigenvalue weighted by molar-refractivity contribution is 5.71. The Balaban J connectivity index is 1.72. The van der Waals surface area contributed by atoms with Gasteiger partial charge in [-0.1, -0.05) is 6.07 Å². The Bertz CT molecular complexity index is 1220. The van der Waals surface area contributed by atoms with Crippen LogP contribution in [0.5, 0.6) is 0 Å². The first kappa shape index (κ1) is 25.2. The van der Waals surface area contributed by atoms with Crippen LogP contribution >= 0.6 is 0 Å². The molecule has 0 saturated heterocycles. The second kappa shape index (κ2) is 10.4. The lowest BCUT2D eigenvalue weighted by molar-refractivity contribution is -0.0696. The Morgan fingerprint density at radius 3 is 2.46 bits per heavy atom. The third-order valence-electron chi connectivity index (χ3n) is 6.53. The molecule has 3 N–H and O–H groups in total. The molecule has 1 aliphatic carbocycles. The number of halogens is 1. The Morgan fingerprint density at radius 2 is 1.86 bits per heavy atom. The van der Waals surface area contributed by atoms with E-state index in [1.54, 1.807) is 12.0 Å². The molecule has 188 valence electrons. The number of hydrogen-bond donors (Lipinski definition) is 3. The summed E-state index contributed by atoms with van der Waals surface area (Å²) in [6, 6.07) is 7.30. The number of fused-ring (bicyclic) bond motifs is 1. The molecule has 1 aromatic carbocycles. The number of aliphatic hydroxyl groups excluding tert-OH is 2. The lowest BCUT2D eigenvalue weighted by atomic mass is 9.92. The maximum atomic E-state index is 15.2. The topological polar surface area (TPSA) is 90.5 Å². The number of rotatable bonds is 9. The van der Waals surface area contributed by atoms with Gasteiger partial charge in [-0.05, 0) is 80.5 Å². The van der Waals surface area contributed by atoms with Gasteiger partial charge in [0, 0.05) is 24.7 Å². The number of ether oxygens (including phenoxy) is 1. The molecule has 2 heterocycles. The van der Waals surface area contributed by atoms with Gasteiger partial charge < -0.3 is 29.4 Å². The summed E-state index contributed by atoms with van der Waals surface area (Å²) in [5, 5.41) is 30.5. The van der Waals surface area contributed by atoms with Crippen molar-refractivity contribution < 1.29 is 24.4 Å². The molecule has 0 bridgehead atoms. The predicted molar refractivity (Wildman–Crippen MR) is 132 cm³/mol. The lowest BCUT2D eigenvalue weighted by Gasteiger charge is -2.33. The summed E-state index contributed by atoms with van der Waals surface area (Å²) in [5.74, 6) is 0.234. The van der Waals surface area contributed by atoms with Crippen molar-refractivity contribution in [3.63, 3.8) is 0 Å². The van der Waals surface area contributed by atoms with Crippen LogP contribution in [0.1, 0.15) is 41.6 Å². The number of pyridine rings is 1. The highest BCUT2D eigenvalue weighted by atomic mass is 19.1. The summed E-state index contributed by atoms with van der Waals surface area (Å²) in [7, 11) is 1.55. The van der Waals surface area contributed by atoms with Gasteiger partial charge in [0.1, 0.15) is 11.5 Å². The third kappa shape index (κ3) is 5.34. The van der Waals surface area contributed by atoms with Crippen LogP contribution in [-0.4, -0.2) is 62.2 Å². The fraction of sp³-hybridized carbons (Fsp3) is 0.444. The summed E-state index contributed by atoms with van der Waals surface area (Å²) in [5.41, 5.74) is 6.04. The second-order valence-electron chi connectivity index (χ2n) is 9.49. The molecule has 1 aliphatic rings. The summed E-state index contributed by atoms with van der Waals surface area (Å²) in [6.07, 6.45) is 2.44. The van der Waals surface area contributed by atoms with Gasteiger partial charge >= 0.3 is 0 Å². The van der Waals surface area contributed by atoms with Crippen molar-refractivity contribution in [2.75, 3.05) is 20.2 Å². The van der Waals surface area contributed by atoms with E-state index in [0.717, 1.165) is 41.5 Å². The number of aromatic nitrogens is 2. The SMILES string of the molecule is COC(=C1CCC1)N(CC(O)O)CC(O)Cc1c(-c2c(C)cc(C)cc2F)nc2cc(C)ccn12. The number of benzene rings is 1. The van der Waals surface area contributed by atoms with E-state index in [-0.39, 0.29) is 25.3 Å². The molecule has 4 rings (SSSR count). The molecule has 7 nitrogen and oxygen atoms in total. The van der Waals surface area contributed by atoms with Crippen molar-refractivity contribution in [1.29, 1.82) is 0 Å². The minimum Gasteiger partial charge on any atom is -0.482 e. The Kier molecular flexibility index (Phi) is 7.44. The van der Waals surface area contributed by atoms with Gasteiger partial charge in [-0.15, -0.1) is 0 Å². The van der Waals surface area contributed by atoms with E-state index in [4.69, 9.17) is 9.72 Å². The van der Waals surface area contributed by atoms with Gasteiger partial charge in [0.25, 0.3) is 0 Å². The molecule has 0 radical (unpaired) electrons. The van der Waals surface area contributed by atoms with E-state index in [9.17, 15) is 15.3 Å². The van der Waals surface area contributed by atoms with E-state index in [0.29, 0.717) is 28.5 Å². The van der Waals surface area contributed by atoms with E-state index < -0.39 is 12.4 Å². The van der Waals surface area contributed by atoms with Crippen molar-refractivity contribution in [2.45, 2.75) is 58.8 Å². The van der Waals surface area contributed by atoms with Gasteiger partial charge in [0.2, 0.25) is 0 Å². The second-order valence-corrected chi connectivity index (χ2v) is 9.49. The van der Waals surface area contributed by atoms with Crippen molar-refractivity contribution in [1.82, 2.24) is 14.3 Å². The van der Waals surface area contributed by atoms with Crippen LogP contribution < -0.4 is 0 Å². The molecule has 3 aromatic rings. The Hall–Kier alpha value is -2.94. The highest BCUT2D eigenvalue weighted by Gasteiger charge is 2.26. The predicted octanol–water partition coefficient (Wildman–Crippen LogP) is 3.62. The molecular weight excluding hydrogens is 449 g/mol. The average Bonchev–Trinajstić information content (AvgIpc) is 3.05. The quantitative estimate of drug-likeness (QED) is 0.318. The summed E-state index contributed by atoms with van der Waals surface area (Å²) < 4.78 is 22.6. The van der Waals surface area contributed by atoms with Gasteiger partial charge in [0.05, 0.1) is 31.1 Å². The number of methoxy groups -OCH3 is 1. The molecule has 0 aliphatic heterocycles. The van der Waals surface area contributed by atoms with Crippen molar-refractivity contribution in [3.05, 3.63) is 70.1 Å². The van der Waals surface area contributed by atoms with Gasteiger partial charge in [0.15, 0.2) is 12.2 Å². The number of aryl methyl sites for hydroxylation is 3. The fourth-order valence-corrected chi connectivity index (χ4v) is 4.85. The minimum absolute atomic E-state index is 0.0887. The number of hydrogen-bond acceptors (Lipinski definition) is 6. The number of nitrogens with zero attached hydrogens (tertiary/aromatic N) is 3. The van der Waals surface area contributed by atoms with Crippen LogP contribution in [0, 0.1) is 26.6 Å². The fourth-order valence-electron chi connectivity index (χ4n) is 4.85. The van der Waals surface area contributed by atoms with Crippen LogP contribution in [0.15, 0.2) is 41.9 Å². The average molecular weight is 484 g/mol. The zero-order valence-electron chi connectivity index (χ0n) is 20.8. The van der Waals surface area contributed by atoms with Crippen LogP contribution in [0.25, 0.3) is 16.9 Å².